The minimum atomic E-state index is -0.426. The summed E-state index contributed by atoms with van der Waals surface area (Å²) in [5, 5.41) is 2.66. The molecule has 0 unspecified atom stereocenters. The normalized spacial score (nSPS) is 10.4. The molecule has 2 aromatic heterocycles. The van der Waals surface area contributed by atoms with Gasteiger partial charge in [-0.2, -0.15) is 0 Å². The summed E-state index contributed by atoms with van der Waals surface area (Å²) in [6, 6.07) is 11.0. The van der Waals surface area contributed by atoms with Crippen LogP contribution in [0.5, 0.6) is 0 Å². The quantitative estimate of drug-likeness (QED) is 0.671. The number of anilines is 1. The summed E-state index contributed by atoms with van der Waals surface area (Å²) in [5.41, 5.74) is 0.922. The highest BCUT2D eigenvalue weighted by atomic mass is 16.5. The van der Waals surface area contributed by atoms with Crippen LogP contribution in [0.1, 0.15) is 17.3 Å². The molecule has 27 heavy (non-hydrogen) atoms. The molecular weight excluding hydrogens is 350 g/mol. The van der Waals surface area contributed by atoms with Crippen LogP contribution >= 0.6 is 0 Å². The maximum atomic E-state index is 12.2. The summed E-state index contributed by atoms with van der Waals surface area (Å²) in [4.78, 5) is 40.1. The van der Waals surface area contributed by atoms with Gasteiger partial charge in [0.2, 0.25) is 5.91 Å². The lowest BCUT2D eigenvalue weighted by atomic mass is 10.2. The van der Waals surface area contributed by atoms with Crippen LogP contribution in [0.15, 0.2) is 64.3 Å². The lowest BCUT2D eigenvalue weighted by Gasteiger charge is -2.08. The maximum absolute atomic E-state index is 12.2. The van der Waals surface area contributed by atoms with E-state index in [9.17, 15) is 14.4 Å². The van der Waals surface area contributed by atoms with Crippen molar-refractivity contribution in [2.75, 3.05) is 11.9 Å². The Morgan fingerprint density at radius 2 is 2.00 bits per heavy atom. The van der Waals surface area contributed by atoms with Gasteiger partial charge in [0.05, 0.1) is 24.8 Å². The number of benzene rings is 1. The zero-order valence-electron chi connectivity index (χ0n) is 14.5. The molecule has 0 saturated heterocycles. The molecule has 2 heterocycles. The van der Waals surface area contributed by atoms with Gasteiger partial charge in [0.15, 0.2) is 5.76 Å². The standard InChI is InChI=1S/C19H17N3O5/c1-2-26-19(25)13-5-7-14(8-6-13)21-17(23)11-22-12-20-15(10-18(22)24)16-4-3-9-27-16/h3-10,12H,2,11H2,1H3,(H,21,23). The van der Waals surface area contributed by atoms with E-state index in [0.717, 1.165) is 0 Å². The van der Waals surface area contributed by atoms with Crippen molar-refractivity contribution in [3.05, 3.63) is 71.0 Å². The van der Waals surface area contributed by atoms with Crippen molar-refractivity contribution in [1.29, 1.82) is 0 Å². The molecular formula is C19H17N3O5. The fourth-order valence-electron chi connectivity index (χ4n) is 2.36. The van der Waals surface area contributed by atoms with Gasteiger partial charge in [-0.3, -0.25) is 14.2 Å². The number of carbonyl (C=O) groups is 2. The van der Waals surface area contributed by atoms with Gasteiger partial charge in [0, 0.05) is 11.8 Å². The van der Waals surface area contributed by atoms with Crippen molar-refractivity contribution >= 4 is 17.6 Å². The first-order valence-electron chi connectivity index (χ1n) is 8.24. The average Bonchev–Trinajstić information content (AvgIpc) is 3.19. The first-order chi connectivity index (χ1) is 13.1. The van der Waals surface area contributed by atoms with Gasteiger partial charge < -0.3 is 14.5 Å². The van der Waals surface area contributed by atoms with Gasteiger partial charge in [-0.25, -0.2) is 9.78 Å². The number of hydrogen-bond acceptors (Lipinski definition) is 6. The molecule has 0 atom stereocenters. The van der Waals surface area contributed by atoms with Crippen LogP contribution in [0.25, 0.3) is 11.5 Å². The topological polar surface area (TPSA) is 103 Å². The van der Waals surface area contributed by atoms with Crippen molar-refractivity contribution in [2.24, 2.45) is 0 Å². The summed E-state index contributed by atoms with van der Waals surface area (Å²) in [5.74, 6) is -0.344. The Hall–Kier alpha value is -3.68. The van der Waals surface area contributed by atoms with E-state index >= 15 is 0 Å². The maximum Gasteiger partial charge on any atom is 0.338 e. The first kappa shape index (κ1) is 18.1. The van der Waals surface area contributed by atoms with Gasteiger partial charge >= 0.3 is 5.97 Å². The summed E-state index contributed by atoms with van der Waals surface area (Å²) in [7, 11) is 0. The fraction of sp³-hybridized carbons (Fsp3) is 0.158. The summed E-state index contributed by atoms with van der Waals surface area (Å²) in [6.07, 6.45) is 2.78. The van der Waals surface area contributed by atoms with Gasteiger partial charge in [0.25, 0.3) is 5.56 Å². The third kappa shape index (κ3) is 4.49. The third-order valence-corrected chi connectivity index (χ3v) is 3.65. The van der Waals surface area contributed by atoms with E-state index in [2.05, 4.69) is 10.3 Å². The fourth-order valence-corrected chi connectivity index (χ4v) is 2.36. The van der Waals surface area contributed by atoms with Gasteiger partial charge in [-0.05, 0) is 43.3 Å². The largest absolute Gasteiger partial charge is 0.463 e. The number of esters is 1. The lowest BCUT2D eigenvalue weighted by Crippen LogP contribution is -2.27. The number of ether oxygens (including phenoxy) is 1. The van der Waals surface area contributed by atoms with E-state index in [1.54, 1.807) is 43.3 Å². The van der Waals surface area contributed by atoms with Crippen LogP contribution in [0.2, 0.25) is 0 Å². The monoisotopic (exact) mass is 367 g/mol. The molecule has 0 aliphatic rings. The van der Waals surface area contributed by atoms with Crippen molar-refractivity contribution in [3.8, 4) is 11.5 Å². The molecule has 0 bridgehead atoms. The number of nitrogens with one attached hydrogen (secondary N) is 1. The van der Waals surface area contributed by atoms with E-state index < -0.39 is 11.9 Å². The summed E-state index contributed by atoms with van der Waals surface area (Å²) < 4.78 is 11.3. The number of hydrogen-bond donors (Lipinski definition) is 1. The molecule has 1 N–H and O–H groups in total. The van der Waals surface area contributed by atoms with Crippen molar-refractivity contribution in [3.63, 3.8) is 0 Å². The zero-order valence-corrected chi connectivity index (χ0v) is 14.5. The average molecular weight is 367 g/mol. The summed E-state index contributed by atoms with van der Waals surface area (Å²) >= 11 is 0. The molecule has 0 aliphatic heterocycles. The number of furan rings is 1. The van der Waals surface area contributed by atoms with E-state index in [1.165, 1.54) is 23.2 Å². The molecule has 3 aromatic rings. The van der Waals surface area contributed by atoms with Crippen LogP contribution in [-0.2, 0) is 16.1 Å². The molecule has 1 aromatic carbocycles. The van der Waals surface area contributed by atoms with Crippen LogP contribution in [-0.4, -0.2) is 28.0 Å². The molecule has 1 amide bonds. The van der Waals surface area contributed by atoms with Crippen molar-refractivity contribution in [1.82, 2.24) is 9.55 Å². The second-order valence-corrected chi connectivity index (χ2v) is 5.56. The van der Waals surface area contributed by atoms with Crippen LogP contribution < -0.4 is 10.9 Å². The Bertz CT molecular complexity index is 991. The zero-order chi connectivity index (χ0) is 19.2. The SMILES string of the molecule is CCOC(=O)c1ccc(NC(=O)Cn2cnc(-c3ccco3)cc2=O)cc1. The van der Waals surface area contributed by atoms with Crippen molar-refractivity contribution < 1.29 is 18.7 Å². The predicted molar refractivity (Wildman–Crippen MR) is 97.2 cm³/mol. The Labute approximate surface area is 154 Å². The van der Waals surface area contributed by atoms with E-state index in [4.69, 9.17) is 9.15 Å². The number of nitrogens with zero attached hydrogens (tertiary/aromatic N) is 2. The van der Waals surface area contributed by atoms with Gasteiger partial charge in [0.1, 0.15) is 12.2 Å². The third-order valence-electron chi connectivity index (χ3n) is 3.65. The highest BCUT2D eigenvalue weighted by molar-refractivity contribution is 5.93. The second-order valence-electron chi connectivity index (χ2n) is 5.56. The molecule has 138 valence electrons. The summed E-state index contributed by atoms with van der Waals surface area (Å²) in [6.45, 7) is 1.83. The number of aromatic nitrogens is 2. The number of rotatable bonds is 6. The van der Waals surface area contributed by atoms with E-state index in [-0.39, 0.29) is 12.1 Å². The highest BCUT2D eigenvalue weighted by Gasteiger charge is 2.10. The van der Waals surface area contributed by atoms with E-state index in [1.807, 2.05) is 0 Å². The smallest absolute Gasteiger partial charge is 0.338 e. The molecule has 0 saturated carbocycles. The van der Waals surface area contributed by atoms with Crippen molar-refractivity contribution in [2.45, 2.75) is 13.5 Å². The molecule has 0 aliphatic carbocycles. The number of amides is 1. The minimum absolute atomic E-state index is 0.191. The first-order valence-corrected chi connectivity index (χ1v) is 8.24. The Balaban J connectivity index is 1.64. The Morgan fingerprint density at radius 1 is 1.22 bits per heavy atom. The Kier molecular flexibility index (Phi) is 5.46. The molecule has 8 nitrogen and oxygen atoms in total. The molecule has 3 rings (SSSR count). The van der Waals surface area contributed by atoms with Gasteiger partial charge in [-0.15, -0.1) is 0 Å². The molecule has 0 radical (unpaired) electrons. The molecule has 8 heteroatoms. The number of carbonyl (C=O) groups excluding carboxylic acids is 2. The van der Waals surface area contributed by atoms with E-state index in [0.29, 0.717) is 29.3 Å². The van der Waals surface area contributed by atoms with Crippen LogP contribution in [0, 0.1) is 0 Å². The Morgan fingerprint density at radius 3 is 2.63 bits per heavy atom. The van der Waals surface area contributed by atoms with Crippen LogP contribution in [0.4, 0.5) is 5.69 Å². The minimum Gasteiger partial charge on any atom is -0.463 e. The molecule has 0 fully saturated rings. The molecule has 0 spiro atoms. The highest BCUT2D eigenvalue weighted by Crippen LogP contribution is 2.14. The van der Waals surface area contributed by atoms with Crippen LogP contribution in [0.3, 0.4) is 0 Å². The lowest BCUT2D eigenvalue weighted by molar-refractivity contribution is -0.116. The predicted octanol–water partition coefficient (Wildman–Crippen LogP) is 2.32. The van der Waals surface area contributed by atoms with Gasteiger partial charge in [-0.1, -0.05) is 0 Å². The second kappa shape index (κ2) is 8.13.